The lowest BCUT2D eigenvalue weighted by atomic mass is 9.94. The Bertz CT molecular complexity index is 2730. The van der Waals surface area contributed by atoms with Crippen molar-refractivity contribution >= 4 is 29.4 Å². The fourth-order valence-electron chi connectivity index (χ4n) is 6.77. The van der Waals surface area contributed by atoms with Gasteiger partial charge in [0.05, 0.1) is 42.5 Å². The summed E-state index contributed by atoms with van der Waals surface area (Å²) in [6.07, 6.45) is 4.16. The molecule has 3 aromatic carbocycles. The van der Waals surface area contributed by atoms with E-state index in [1.165, 1.54) is 21.7 Å². The topological polar surface area (TPSA) is 200 Å². The van der Waals surface area contributed by atoms with Gasteiger partial charge >= 0.3 is 12.2 Å². The van der Waals surface area contributed by atoms with Crippen molar-refractivity contribution in [2.75, 3.05) is 26.3 Å². The number of carbonyl (C=O) groups excluding carboxylic acids is 1. The van der Waals surface area contributed by atoms with Crippen LogP contribution in [0.15, 0.2) is 102 Å². The Morgan fingerprint density at radius 3 is 2.25 bits per heavy atom. The lowest BCUT2D eigenvalue weighted by Crippen LogP contribution is -2.38. The number of benzene rings is 3. The fraction of sp³-hybridized carbons (Fsp3) is 0.277. The lowest BCUT2D eigenvalue weighted by Gasteiger charge is -2.28. The summed E-state index contributed by atoms with van der Waals surface area (Å²) >= 11 is 6.84. The number of ether oxygens (including phenoxy) is 3. The van der Waals surface area contributed by atoms with Gasteiger partial charge in [-0.25, -0.2) is 14.6 Å². The maximum Gasteiger partial charge on any atom is 0.410 e. The highest BCUT2D eigenvalue weighted by Crippen LogP contribution is 2.36. The van der Waals surface area contributed by atoms with Crippen molar-refractivity contribution in [1.82, 2.24) is 24.2 Å². The monoisotopic (exact) mass is 874 g/mol. The first-order chi connectivity index (χ1) is 30.2. The zero-order chi connectivity index (χ0) is 45.3. The molecule has 3 N–H and O–H groups in total. The predicted molar refractivity (Wildman–Crippen MR) is 235 cm³/mol. The van der Waals surface area contributed by atoms with E-state index >= 15 is 0 Å². The van der Waals surface area contributed by atoms with Crippen molar-refractivity contribution in [3.8, 4) is 39.8 Å². The van der Waals surface area contributed by atoms with Gasteiger partial charge in [0.25, 0.3) is 5.56 Å². The second-order valence-corrected chi connectivity index (χ2v) is 16.0. The number of nitrogens with zero attached hydrogens (tertiary/aromatic N) is 6. The van der Waals surface area contributed by atoms with Crippen molar-refractivity contribution in [1.29, 1.82) is 5.26 Å². The zero-order valence-electron chi connectivity index (χ0n) is 35.2. The molecule has 3 heterocycles. The molecule has 2 amide bonds. The van der Waals surface area contributed by atoms with Crippen molar-refractivity contribution in [2.45, 2.75) is 59.6 Å². The van der Waals surface area contributed by atoms with Gasteiger partial charge in [-0.15, -0.1) is 0 Å². The summed E-state index contributed by atoms with van der Waals surface area (Å²) in [4.78, 5) is 48.8. The molecule has 63 heavy (non-hydrogen) atoms. The number of aromatic nitrogens is 3. The Morgan fingerprint density at radius 2 is 1.52 bits per heavy atom. The van der Waals surface area contributed by atoms with Gasteiger partial charge in [-0.2, -0.15) is 5.26 Å². The van der Waals surface area contributed by atoms with Crippen LogP contribution >= 0.6 is 11.6 Å². The molecular weight excluding hydrogens is 828 g/mol. The molecule has 16 heteroatoms. The molecule has 0 bridgehead atoms. The normalized spacial score (nSPS) is 11.2. The standard InChI is InChI=1S/C47H47ClN6O9/c1-30-36(9-6-10-39(30)35-8-5-7-33(18-35)34-11-12-54-43(20-34)51-25-38(44(54)57)27-52(13-15-55)45(58)59)29-62-42-21-41(61-28-32-17-31(22-49)23-50-24-32)37(19-40(42)48)26-53(14-16-56)46(60)63-47(2,3)4/h5-12,17-21,23-25,55-56H,13-16,26-29H2,1-4H3,(H,58,59). The van der Waals surface area contributed by atoms with Crippen LogP contribution in [0.4, 0.5) is 9.59 Å². The van der Waals surface area contributed by atoms with Gasteiger partial charge in [0, 0.05) is 55.1 Å². The molecule has 0 aliphatic rings. The van der Waals surface area contributed by atoms with Gasteiger partial charge in [0.2, 0.25) is 0 Å². The SMILES string of the molecule is Cc1c(COc2cc(OCc3cncc(C#N)c3)c(CN(CCO)C(=O)OC(C)(C)C)cc2Cl)cccc1-c1cccc(-c2ccn3c(=O)c(CN(CCO)C(=O)O)cnc3c2)c1. The van der Waals surface area contributed by atoms with Crippen LogP contribution in [0, 0.1) is 18.3 Å². The highest BCUT2D eigenvalue weighted by molar-refractivity contribution is 6.32. The minimum Gasteiger partial charge on any atom is -0.488 e. The number of fused-ring (bicyclic) bond motifs is 1. The minimum atomic E-state index is -1.25. The molecule has 0 spiro atoms. The van der Waals surface area contributed by atoms with Crippen LogP contribution in [-0.4, -0.2) is 83.6 Å². The summed E-state index contributed by atoms with van der Waals surface area (Å²) < 4.78 is 19.6. The number of nitriles is 1. The van der Waals surface area contributed by atoms with Crippen LogP contribution in [0.1, 0.15) is 54.2 Å². The number of halogens is 1. The molecule has 0 atom stereocenters. The number of amides is 2. The Morgan fingerprint density at radius 1 is 0.825 bits per heavy atom. The highest BCUT2D eigenvalue weighted by atomic mass is 35.5. The van der Waals surface area contributed by atoms with Crippen molar-refractivity contribution in [3.05, 3.63) is 146 Å². The maximum absolute atomic E-state index is 13.2. The van der Waals surface area contributed by atoms with Crippen molar-refractivity contribution in [2.24, 2.45) is 0 Å². The predicted octanol–water partition coefficient (Wildman–Crippen LogP) is 7.62. The van der Waals surface area contributed by atoms with Gasteiger partial charge in [-0.3, -0.25) is 14.2 Å². The van der Waals surface area contributed by atoms with Gasteiger partial charge in [0.15, 0.2) is 0 Å². The molecule has 6 rings (SSSR count). The number of hydrogen-bond donors (Lipinski definition) is 3. The van der Waals surface area contributed by atoms with Gasteiger partial charge in [-0.05, 0) is 91.4 Å². The molecule has 0 aliphatic heterocycles. The smallest absolute Gasteiger partial charge is 0.410 e. The van der Waals surface area contributed by atoms with E-state index in [1.54, 1.807) is 63.5 Å². The molecule has 0 saturated carbocycles. The molecule has 0 fully saturated rings. The summed E-state index contributed by atoms with van der Waals surface area (Å²) in [6.45, 7) is 6.50. The van der Waals surface area contributed by atoms with Crippen molar-refractivity contribution < 1.29 is 39.1 Å². The molecule has 6 aromatic rings. The van der Waals surface area contributed by atoms with Crippen LogP contribution in [0.2, 0.25) is 5.02 Å². The fourth-order valence-corrected chi connectivity index (χ4v) is 7.01. The zero-order valence-corrected chi connectivity index (χ0v) is 36.0. The molecule has 0 unspecified atom stereocenters. The number of aliphatic hydroxyl groups excluding tert-OH is 2. The van der Waals surface area contributed by atoms with E-state index in [1.807, 2.05) is 49.4 Å². The second kappa shape index (κ2) is 20.3. The molecule has 0 radical (unpaired) electrons. The van der Waals surface area contributed by atoms with Crippen LogP contribution in [0.3, 0.4) is 0 Å². The number of pyridine rings is 2. The average molecular weight is 875 g/mol. The average Bonchev–Trinajstić information content (AvgIpc) is 3.26. The summed E-state index contributed by atoms with van der Waals surface area (Å²) in [5, 5.41) is 38.1. The molecule has 3 aromatic heterocycles. The van der Waals surface area contributed by atoms with Crippen molar-refractivity contribution in [3.63, 3.8) is 0 Å². The Balaban J connectivity index is 1.24. The largest absolute Gasteiger partial charge is 0.488 e. The van der Waals surface area contributed by atoms with Crippen LogP contribution in [-0.2, 0) is 31.0 Å². The Hall–Kier alpha value is -6.99. The van der Waals surface area contributed by atoms with E-state index in [4.69, 9.17) is 25.8 Å². The van der Waals surface area contributed by atoms with E-state index in [2.05, 4.69) is 16.0 Å². The third kappa shape index (κ3) is 11.5. The van der Waals surface area contributed by atoms with Gasteiger partial charge in [-0.1, -0.05) is 48.0 Å². The summed E-state index contributed by atoms with van der Waals surface area (Å²) in [5.41, 5.74) is 6.44. The van der Waals surface area contributed by atoms with E-state index in [0.29, 0.717) is 33.8 Å². The second-order valence-electron chi connectivity index (χ2n) is 15.6. The van der Waals surface area contributed by atoms with Gasteiger partial charge < -0.3 is 39.3 Å². The summed E-state index contributed by atoms with van der Waals surface area (Å²) in [7, 11) is 0. The number of carboxylic acid groups (broad SMARTS) is 1. The number of hydrogen-bond acceptors (Lipinski definition) is 11. The highest BCUT2D eigenvalue weighted by Gasteiger charge is 2.24. The Labute approximate surface area is 368 Å². The third-order valence-corrected chi connectivity index (χ3v) is 10.2. The molecule has 15 nitrogen and oxygen atoms in total. The first-order valence-corrected chi connectivity index (χ1v) is 20.3. The molecular formula is C47H47ClN6O9. The maximum atomic E-state index is 13.2. The first kappa shape index (κ1) is 45.5. The third-order valence-electron chi connectivity index (χ3n) is 9.93. The van der Waals surface area contributed by atoms with E-state index < -0.39 is 23.3 Å². The lowest BCUT2D eigenvalue weighted by molar-refractivity contribution is 0.0200. The number of aliphatic hydroxyl groups is 2. The van der Waals surface area contributed by atoms with Crippen LogP contribution in [0.5, 0.6) is 11.5 Å². The minimum absolute atomic E-state index is 0.00235. The molecule has 326 valence electrons. The molecule has 0 aliphatic carbocycles. The number of rotatable bonds is 16. The van der Waals surface area contributed by atoms with E-state index in [-0.39, 0.29) is 63.2 Å². The van der Waals surface area contributed by atoms with E-state index in [9.17, 15) is 35.0 Å². The number of carbonyl (C=O) groups is 2. The summed E-state index contributed by atoms with van der Waals surface area (Å²) in [6, 6.07) is 24.5. The van der Waals surface area contributed by atoms with E-state index in [0.717, 1.165) is 38.3 Å². The van der Waals surface area contributed by atoms with Gasteiger partial charge in [0.1, 0.15) is 42.0 Å². The summed E-state index contributed by atoms with van der Waals surface area (Å²) in [5.74, 6) is 0.695. The first-order valence-electron chi connectivity index (χ1n) is 20.0. The van der Waals surface area contributed by atoms with Crippen LogP contribution in [0.25, 0.3) is 27.9 Å². The molecule has 0 saturated heterocycles. The quantitative estimate of drug-likeness (QED) is 0.0861. The van der Waals surface area contributed by atoms with Crippen LogP contribution < -0.4 is 15.0 Å². The Kier molecular flexibility index (Phi) is 14.6.